The van der Waals surface area contributed by atoms with Crippen LogP contribution in [0.5, 0.6) is 0 Å². The van der Waals surface area contributed by atoms with Gasteiger partial charge in [-0.15, -0.1) is 19.5 Å². The number of rotatable bonds is 12. The molecular formula is C16H28N3O2P2S+. The van der Waals surface area contributed by atoms with Crippen LogP contribution in [0.4, 0.5) is 4.79 Å². The Balaban J connectivity index is 2.39. The molecule has 0 aromatic carbocycles. The molecule has 1 aromatic heterocycles. The maximum atomic E-state index is 12.0. The Labute approximate surface area is 151 Å². The van der Waals surface area contributed by atoms with Crippen molar-refractivity contribution in [2.45, 2.75) is 44.4 Å². The average Bonchev–Trinajstić information content (AvgIpc) is 3.03. The van der Waals surface area contributed by atoms with E-state index in [0.29, 0.717) is 0 Å². The number of alkyl carbamates (subject to hydrolysis) is 1. The summed E-state index contributed by atoms with van der Waals surface area (Å²) in [5.41, 5.74) is 7.87. The van der Waals surface area contributed by atoms with Gasteiger partial charge in [-0.1, -0.05) is 6.30 Å². The van der Waals surface area contributed by atoms with E-state index in [4.69, 9.17) is 10.5 Å². The van der Waals surface area contributed by atoms with Crippen LogP contribution in [0.25, 0.3) is 0 Å². The molecule has 3 N–H and O–H groups in total. The summed E-state index contributed by atoms with van der Waals surface area (Å²) >= 11 is 1.48. The maximum Gasteiger partial charge on any atom is 0.407 e. The zero-order chi connectivity index (χ0) is 17.8. The molecule has 0 saturated heterocycles. The second-order valence-corrected chi connectivity index (χ2v) is 9.79. The Morgan fingerprint density at radius 2 is 2.33 bits per heavy atom. The van der Waals surface area contributed by atoms with Crippen LogP contribution in [0.2, 0.25) is 0 Å². The number of hydrogen-bond donors (Lipinski definition) is 2. The molecule has 0 fully saturated rings. The highest BCUT2D eigenvalue weighted by molar-refractivity contribution is 7.55. The minimum absolute atomic E-state index is 0.0969. The van der Waals surface area contributed by atoms with Crippen LogP contribution >= 0.6 is 27.1 Å². The fourth-order valence-corrected chi connectivity index (χ4v) is 4.20. The van der Waals surface area contributed by atoms with Crippen molar-refractivity contribution in [2.75, 3.05) is 19.0 Å². The molecule has 134 valence electrons. The second kappa shape index (κ2) is 12.5. The maximum absolute atomic E-state index is 12.0. The average molecular weight is 388 g/mol. The molecule has 24 heavy (non-hydrogen) atoms. The largest absolute Gasteiger partial charge is 0.444 e. The normalized spacial score (nSPS) is 14.2. The third kappa shape index (κ3) is 10.1. The van der Waals surface area contributed by atoms with Crippen molar-refractivity contribution in [2.24, 2.45) is 5.73 Å². The summed E-state index contributed by atoms with van der Waals surface area (Å²) in [6, 6.07) is 0.252. The number of nitrogens with one attached hydrogen (secondary N) is 1. The number of carbonyl (C=O) groups excluding carboxylic acids is 1. The summed E-state index contributed by atoms with van der Waals surface area (Å²) < 4.78 is 5.26. The van der Waals surface area contributed by atoms with Gasteiger partial charge in [-0.3, -0.25) is 4.98 Å². The van der Waals surface area contributed by atoms with Crippen LogP contribution in [0.15, 0.2) is 11.7 Å². The molecule has 1 heterocycles. The Hall–Kier alpha value is -0.800. The number of hydrogen-bond acceptors (Lipinski definition) is 5. The molecule has 3 unspecified atom stereocenters. The predicted molar refractivity (Wildman–Crippen MR) is 109 cm³/mol. The van der Waals surface area contributed by atoms with Crippen LogP contribution in [0.1, 0.15) is 30.6 Å². The highest BCUT2D eigenvalue weighted by atomic mass is 32.1. The third-order valence-electron chi connectivity index (χ3n) is 3.45. The minimum atomic E-state index is -0.371. The van der Waals surface area contributed by atoms with Crippen molar-refractivity contribution in [1.29, 1.82) is 0 Å². The van der Waals surface area contributed by atoms with E-state index in [1.165, 1.54) is 11.3 Å². The lowest BCUT2D eigenvalue weighted by molar-refractivity contribution is 0.135. The van der Waals surface area contributed by atoms with Crippen LogP contribution in [-0.4, -0.2) is 54.7 Å². The molecule has 0 spiro atoms. The van der Waals surface area contributed by atoms with Gasteiger partial charge in [0.15, 0.2) is 0 Å². The molecule has 0 aliphatic rings. The summed E-state index contributed by atoms with van der Waals surface area (Å²) in [4.78, 5) is 16.9. The van der Waals surface area contributed by atoms with Crippen LogP contribution < -0.4 is 11.1 Å². The van der Waals surface area contributed by atoms with Gasteiger partial charge in [0.1, 0.15) is 12.8 Å². The van der Waals surface area contributed by atoms with Gasteiger partial charge < -0.3 is 15.8 Å². The van der Waals surface area contributed by atoms with E-state index in [1.54, 1.807) is 11.7 Å². The molecular weight excluding hydrogens is 360 g/mol. The minimum Gasteiger partial charge on any atom is -0.444 e. The quantitative estimate of drug-likeness (QED) is 0.424. The van der Waals surface area contributed by atoms with Crippen molar-refractivity contribution in [3.63, 3.8) is 0 Å². The van der Waals surface area contributed by atoms with E-state index in [0.717, 1.165) is 51.1 Å². The highest BCUT2D eigenvalue weighted by Gasteiger charge is 2.16. The lowest BCUT2D eigenvalue weighted by Crippen LogP contribution is -2.37. The van der Waals surface area contributed by atoms with Gasteiger partial charge in [-0.25, -0.2) is 4.79 Å². The SMILES string of the molecule is C=PCCCC(CCC(N)C[P+](=C)C)NC(=O)OCc1cncs1. The molecule has 0 radical (unpaired) electrons. The van der Waals surface area contributed by atoms with Gasteiger partial charge >= 0.3 is 6.09 Å². The van der Waals surface area contributed by atoms with Gasteiger partial charge in [-0.05, 0) is 31.8 Å². The lowest BCUT2D eigenvalue weighted by atomic mass is 10.0. The summed E-state index contributed by atoms with van der Waals surface area (Å²) in [6.45, 7) is 2.40. The first kappa shape index (κ1) is 21.2. The molecule has 1 amide bonds. The zero-order valence-corrected chi connectivity index (χ0v) is 16.9. The molecule has 0 saturated carbocycles. The van der Waals surface area contributed by atoms with Gasteiger partial charge in [-0.2, -0.15) is 0 Å². The van der Waals surface area contributed by atoms with Gasteiger partial charge in [0.05, 0.1) is 30.9 Å². The Morgan fingerprint density at radius 3 is 2.96 bits per heavy atom. The number of nitrogens with two attached hydrogens (primary N) is 1. The van der Waals surface area contributed by atoms with E-state index in [-0.39, 0.29) is 32.3 Å². The molecule has 0 aliphatic heterocycles. The zero-order valence-electron chi connectivity index (χ0n) is 14.3. The first-order valence-corrected chi connectivity index (χ1v) is 12.3. The molecule has 5 nitrogen and oxygen atoms in total. The smallest absolute Gasteiger partial charge is 0.407 e. The highest BCUT2D eigenvalue weighted by Crippen LogP contribution is 2.17. The molecule has 8 heteroatoms. The van der Waals surface area contributed by atoms with E-state index in [9.17, 15) is 4.79 Å². The van der Waals surface area contributed by atoms with Gasteiger partial charge in [0.25, 0.3) is 0 Å². The summed E-state index contributed by atoms with van der Waals surface area (Å²) in [5, 5.41) is 2.98. The Kier molecular flexibility index (Phi) is 11.1. The number of thiazole rings is 1. The number of amides is 1. The fraction of sp³-hybridized carbons (Fsp3) is 0.625. The van der Waals surface area contributed by atoms with Crippen LogP contribution in [0.3, 0.4) is 0 Å². The van der Waals surface area contributed by atoms with Crippen molar-refractivity contribution in [3.8, 4) is 0 Å². The summed E-state index contributed by atoms with van der Waals surface area (Å²) in [5.74, 6) is 0. The Morgan fingerprint density at radius 1 is 1.54 bits per heavy atom. The summed E-state index contributed by atoms with van der Waals surface area (Å²) in [7, 11) is 0.909. The number of aromatic nitrogens is 1. The van der Waals surface area contributed by atoms with Gasteiger partial charge in [0.2, 0.25) is 0 Å². The second-order valence-electron chi connectivity index (χ2n) is 5.85. The molecule has 3 atom stereocenters. The molecule has 0 aliphatic carbocycles. The lowest BCUT2D eigenvalue weighted by Gasteiger charge is -2.19. The van der Waals surface area contributed by atoms with Gasteiger partial charge in [0, 0.05) is 18.3 Å². The first-order valence-electron chi connectivity index (χ1n) is 8.01. The topological polar surface area (TPSA) is 77.2 Å². The van der Waals surface area contributed by atoms with Crippen molar-refractivity contribution < 1.29 is 9.53 Å². The van der Waals surface area contributed by atoms with E-state index in [2.05, 4.69) is 29.6 Å². The fourth-order valence-electron chi connectivity index (χ4n) is 2.30. The van der Waals surface area contributed by atoms with E-state index >= 15 is 0 Å². The standard InChI is InChI=1S/C16H27N3O2P2S/c1-22-8-4-5-14(7-6-13(17)11-23(2)3)19-16(20)21-10-15-9-18-12-24-15/h9,12-14H,1-2,4-8,10-11,17H2,3H3/p+1. The molecule has 1 aromatic rings. The molecule has 0 bridgehead atoms. The first-order chi connectivity index (χ1) is 11.5. The number of nitrogens with zero attached hydrogens (tertiary/aromatic N) is 1. The number of ether oxygens (including phenoxy) is 1. The van der Waals surface area contributed by atoms with E-state index in [1.807, 2.05) is 0 Å². The number of carbonyl (C=O) groups is 1. The molecule has 1 rings (SSSR count). The monoisotopic (exact) mass is 388 g/mol. The van der Waals surface area contributed by atoms with E-state index < -0.39 is 0 Å². The third-order valence-corrected chi connectivity index (χ3v) is 5.93. The Bertz CT molecular complexity index is 511. The summed E-state index contributed by atoms with van der Waals surface area (Å²) in [6.07, 6.45) is 15.0. The van der Waals surface area contributed by atoms with Crippen LogP contribution in [0, 0.1) is 0 Å². The van der Waals surface area contributed by atoms with Crippen molar-refractivity contribution in [3.05, 3.63) is 16.6 Å². The van der Waals surface area contributed by atoms with Crippen molar-refractivity contribution >= 4 is 45.8 Å². The van der Waals surface area contributed by atoms with Crippen molar-refractivity contribution in [1.82, 2.24) is 10.3 Å². The predicted octanol–water partition coefficient (Wildman–Crippen LogP) is 3.55. The van der Waals surface area contributed by atoms with Crippen LogP contribution in [-0.2, 0) is 11.3 Å².